The van der Waals surface area contributed by atoms with Gasteiger partial charge in [0.15, 0.2) is 5.96 Å². The number of aliphatic imine (C=N–C) groups is 1. The number of carbonyl (C=O) groups is 1. The lowest BCUT2D eigenvalue weighted by Crippen LogP contribution is -2.40. The van der Waals surface area contributed by atoms with Crippen molar-refractivity contribution in [2.24, 2.45) is 10.9 Å². The zero-order valence-electron chi connectivity index (χ0n) is 18.2. The average Bonchev–Trinajstić information content (AvgIpc) is 3.14. The third-order valence-electron chi connectivity index (χ3n) is 5.38. The van der Waals surface area contributed by atoms with Crippen molar-refractivity contribution >= 4 is 11.9 Å². The first-order chi connectivity index (χ1) is 15.3. The smallest absolute Gasteiger partial charge is 0.357 e. The van der Waals surface area contributed by atoms with E-state index in [0.29, 0.717) is 44.1 Å². The second-order valence-electron chi connectivity index (χ2n) is 7.92. The first kappa shape index (κ1) is 23.6. The molecule has 1 aliphatic rings. The van der Waals surface area contributed by atoms with Crippen LogP contribution in [-0.4, -0.2) is 42.9 Å². The number of likely N-dealkylation sites (tertiary alicyclic amines) is 1. The number of rotatable bonds is 8. The summed E-state index contributed by atoms with van der Waals surface area (Å²) in [5.41, 5.74) is 1.02. The van der Waals surface area contributed by atoms with Crippen molar-refractivity contribution in [3.63, 3.8) is 0 Å². The SMILES string of the molecule is CCNC(=NCc1cccc(C(F)(F)F)c1)NCC1CC(=O)N(CCc2ccccc2)C1. The van der Waals surface area contributed by atoms with Crippen molar-refractivity contribution in [1.82, 2.24) is 15.5 Å². The number of nitrogens with one attached hydrogen (secondary N) is 2. The molecule has 0 spiro atoms. The fraction of sp³-hybridized carbons (Fsp3) is 0.417. The molecule has 1 aliphatic heterocycles. The fourth-order valence-electron chi connectivity index (χ4n) is 3.71. The molecule has 32 heavy (non-hydrogen) atoms. The number of alkyl halides is 3. The van der Waals surface area contributed by atoms with E-state index in [9.17, 15) is 18.0 Å². The van der Waals surface area contributed by atoms with E-state index in [1.165, 1.54) is 11.6 Å². The molecule has 5 nitrogen and oxygen atoms in total. The number of amides is 1. The Balaban J connectivity index is 1.51. The summed E-state index contributed by atoms with van der Waals surface area (Å²) in [6.45, 7) is 4.63. The van der Waals surface area contributed by atoms with E-state index in [1.54, 1.807) is 6.07 Å². The molecule has 1 heterocycles. The second kappa shape index (κ2) is 11.0. The van der Waals surface area contributed by atoms with Gasteiger partial charge in [-0.2, -0.15) is 13.2 Å². The molecular formula is C24H29F3N4O. The summed E-state index contributed by atoms with van der Waals surface area (Å²) >= 11 is 0. The molecule has 0 aliphatic carbocycles. The predicted molar refractivity (Wildman–Crippen MR) is 119 cm³/mol. The summed E-state index contributed by atoms with van der Waals surface area (Å²) in [5.74, 6) is 0.842. The molecule has 0 aromatic heterocycles. The topological polar surface area (TPSA) is 56.7 Å². The summed E-state index contributed by atoms with van der Waals surface area (Å²) in [7, 11) is 0. The summed E-state index contributed by atoms with van der Waals surface area (Å²) in [5, 5.41) is 6.34. The molecule has 2 aromatic rings. The Morgan fingerprint density at radius 1 is 1.09 bits per heavy atom. The van der Waals surface area contributed by atoms with Crippen molar-refractivity contribution in [2.75, 3.05) is 26.2 Å². The van der Waals surface area contributed by atoms with Gasteiger partial charge in [0.1, 0.15) is 0 Å². The number of hydrogen-bond donors (Lipinski definition) is 2. The molecule has 172 valence electrons. The van der Waals surface area contributed by atoms with Crippen LogP contribution in [0.15, 0.2) is 59.6 Å². The molecule has 2 aromatic carbocycles. The van der Waals surface area contributed by atoms with Gasteiger partial charge in [0.05, 0.1) is 12.1 Å². The summed E-state index contributed by atoms with van der Waals surface area (Å²) < 4.78 is 38.7. The van der Waals surface area contributed by atoms with Crippen molar-refractivity contribution in [2.45, 2.75) is 32.5 Å². The summed E-state index contributed by atoms with van der Waals surface area (Å²) in [4.78, 5) is 18.7. The van der Waals surface area contributed by atoms with E-state index in [2.05, 4.69) is 27.8 Å². The fourth-order valence-corrected chi connectivity index (χ4v) is 3.71. The van der Waals surface area contributed by atoms with E-state index >= 15 is 0 Å². The van der Waals surface area contributed by atoms with Crippen LogP contribution < -0.4 is 10.6 Å². The van der Waals surface area contributed by atoms with Gasteiger partial charge in [-0.05, 0) is 36.6 Å². The van der Waals surface area contributed by atoms with Gasteiger partial charge < -0.3 is 15.5 Å². The molecule has 1 fully saturated rings. The van der Waals surface area contributed by atoms with E-state index < -0.39 is 11.7 Å². The van der Waals surface area contributed by atoms with Gasteiger partial charge in [-0.15, -0.1) is 0 Å². The minimum Gasteiger partial charge on any atom is -0.357 e. The highest BCUT2D eigenvalue weighted by Gasteiger charge is 2.30. The molecule has 0 bridgehead atoms. The van der Waals surface area contributed by atoms with Crippen LogP contribution in [0, 0.1) is 5.92 Å². The molecule has 0 saturated carbocycles. The molecule has 1 unspecified atom stereocenters. The van der Waals surface area contributed by atoms with Crippen molar-refractivity contribution in [3.05, 3.63) is 71.3 Å². The Bertz CT molecular complexity index is 915. The highest BCUT2D eigenvalue weighted by Crippen LogP contribution is 2.29. The monoisotopic (exact) mass is 446 g/mol. The van der Waals surface area contributed by atoms with Crippen LogP contribution >= 0.6 is 0 Å². The number of nitrogens with zero attached hydrogens (tertiary/aromatic N) is 2. The van der Waals surface area contributed by atoms with E-state index in [-0.39, 0.29) is 18.4 Å². The van der Waals surface area contributed by atoms with Crippen molar-refractivity contribution in [1.29, 1.82) is 0 Å². The lowest BCUT2D eigenvalue weighted by Gasteiger charge is -2.18. The molecule has 1 atom stereocenters. The number of guanidine groups is 1. The maximum Gasteiger partial charge on any atom is 0.416 e. The van der Waals surface area contributed by atoms with Crippen LogP contribution in [0.2, 0.25) is 0 Å². The molecule has 8 heteroatoms. The van der Waals surface area contributed by atoms with Gasteiger partial charge in [-0.1, -0.05) is 42.5 Å². The Hall–Kier alpha value is -3.03. The lowest BCUT2D eigenvalue weighted by molar-refractivity contribution is -0.137. The van der Waals surface area contributed by atoms with Crippen LogP contribution in [0.1, 0.15) is 30.0 Å². The number of hydrogen-bond acceptors (Lipinski definition) is 2. The minimum atomic E-state index is -4.37. The maximum atomic E-state index is 12.9. The predicted octanol–water partition coefficient (Wildman–Crippen LogP) is 3.85. The van der Waals surface area contributed by atoms with Gasteiger partial charge in [-0.3, -0.25) is 4.79 Å². The third-order valence-corrected chi connectivity index (χ3v) is 5.38. The van der Waals surface area contributed by atoms with E-state index in [0.717, 1.165) is 18.6 Å². The minimum absolute atomic E-state index is 0.131. The maximum absolute atomic E-state index is 12.9. The number of benzene rings is 2. The van der Waals surface area contributed by atoms with E-state index in [4.69, 9.17) is 0 Å². The largest absolute Gasteiger partial charge is 0.416 e. The van der Waals surface area contributed by atoms with Crippen molar-refractivity contribution in [3.8, 4) is 0 Å². The Morgan fingerprint density at radius 3 is 2.56 bits per heavy atom. The molecular weight excluding hydrogens is 417 g/mol. The molecule has 1 saturated heterocycles. The Morgan fingerprint density at radius 2 is 1.84 bits per heavy atom. The Kier molecular flexibility index (Phi) is 8.14. The Labute approximate surface area is 186 Å². The standard InChI is InChI=1S/C24H29F3N4O/c1-2-28-23(29-15-19-9-6-10-21(13-19)24(25,26)27)30-16-20-14-22(32)31(17-20)12-11-18-7-4-3-5-8-18/h3-10,13,20H,2,11-12,14-17H2,1H3,(H2,28,29,30). The first-order valence-corrected chi connectivity index (χ1v) is 10.8. The molecule has 1 amide bonds. The zero-order chi connectivity index (χ0) is 23.0. The van der Waals surface area contributed by atoms with Crippen LogP contribution in [0.5, 0.6) is 0 Å². The van der Waals surface area contributed by atoms with Crippen LogP contribution in [0.3, 0.4) is 0 Å². The van der Waals surface area contributed by atoms with Crippen LogP contribution in [0.25, 0.3) is 0 Å². The zero-order valence-corrected chi connectivity index (χ0v) is 18.2. The summed E-state index contributed by atoms with van der Waals surface area (Å²) in [6.07, 6.45) is -3.06. The third kappa shape index (κ3) is 7.00. The lowest BCUT2D eigenvalue weighted by atomic mass is 10.1. The molecule has 2 N–H and O–H groups in total. The molecule has 3 rings (SSSR count). The average molecular weight is 447 g/mol. The van der Waals surface area contributed by atoms with E-state index in [1.807, 2.05) is 30.0 Å². The molecule has 0 radical (unpaired) electrons. The number of halogens is 3. The van der Waals surface area contributed by atoms with Gasteiger partial charge in [-0.25, -0.2) is 4.99 Å². The quantitative estimate of drug-likeness (QED) is 0.478. The number of carbonyl (C=O) groups excluding carboxylic acids is 1. The van der Waals surface area contributed by atoms with Crippen LogP contribution in [-0.2, 0) is 23.9 Å². The first-order valence-electron chi connectivity index (χ1n) is 10.8. The van der Waals surface area contributed by atoms with Gasteiger partial charge in [0.25, 0.3) is 0 Å². The second-order valence-corrected chi connectivity index (χ2v) is 7.92. The van der Waals surface area contributed by atoms with Crippen LogP contribution in [0.4, 0.5) is 13.2 Å². The normalized spacial score (nSPS) is 17.0. The van der Waals surface area contributed by atoms with Gasteiger partial charge in [0.2, 0.25) is 5.91 Å². The summed E-state index contributed by atoms with van der Waals surface area (Å²) in [6, 6.07) is 15.3. The van der Waals surface area contributed by atoms with Gasteiger partial charge >= 0.3 is 6.18 Å². The highest BCUT2D eigenvalue weighted by molar-refractivity contribution is 5.81. The van der Waals surface area contributed by atoms with Crippen molar-refractivity contribution < 1.29 is 18.0 Å². The van der Waals surface area contributed by atoms with Gasteiger partial charge in [0, 0.05) is 38.5 Å². The highest BCUT2D eigenvalue weighted by atomic mass is 19.4.